The molecule has 0 radical (unpaired) electrons. The topological polar surface area (TPSA) is 48.2 Å². The van der Waals surface area contributed by atoms with Crippen molar-refractivity contribution < 1.29 is 9.26 Å². The quantitative estimate of drug-likeness (QED) is 0.614. The summed E-state index contributed by atoms with van der Waals surface area (Å²) < 4.78 is 10.9. The third-order valence-corrected chi connectivity index (χ3v) is 4.45. The molecule has 4 nitrogen and oxygen atoms in total. The van der Waals surface area contributed by atoms with E-state index in [0.29, 0.717) is 12.5 Å². The lowest BCUT2D eigenvalue weighted by Gasteiger charge is -2.04. The molecule has 1 aromatic carbocycles. The summed E-state index contributed by atoms with van der Waals surface area (Å²) in [4.78, 5) is 5.39. The predicted octanol–water partition coefficient (Wildman–Crippen LogP) is 4.11. The SMILES string of the molecule is c1ccc(OCCSCc2noc(-c3cccs3)n2)cc1. The molecule has 0 aliphatic heterocycles. The molecule has 2 heterocycles. The van der Waals surface area contributed by atoms with Crippen molar-refractivity contribution in [3.05, 3.63) is 53.7 Å². The summed E-state index contributed by atoms with van der Waals surface area (Å²) in [7, 11) is 0. The Morgan fingerprint density at radius 3 is 2.86 bits per heavy atom. The van der Waals surface area contributed by atoms with Gasteiger partial charge in [0.1, 0.15) is 5.75 Å². The monoisotopic (exact) mass is 318 g/mol. The van der Waals surface area contributed by atoms with Gasteiger partial charge in [-0.15, -0.1) is 11.3 Å². The van der Waals surface area contributed by atoms with E-state index in [0.717, 1.165) is 28.0 Å². The maximum atomic E-state index is 5.62. The zero-order valence-corrected chi connectivity index (χ0v) is 12.9. The third kappa shape index (κ3) is 4.09. The van der Waals surface area contributed by atoms with Gasteiger partial charge in [-0.1, -0.05) is 29.4 Å². The van der Waals surface area contributed by atoms with E-state index in [4.69, 9.17) is 9.26 Å². The van der Waals surface area contributed by atoms with Gasteiger partial charge in [0, 0.05) is 5.75 Å². The summed E-state index contributed by atoms with van der Waals surface area (Å²) in [5.41, 5.74) is 0. The van der Waals surface area contributed by atoms with Crippen LogP contribution in [0, 0.1) is 0 Å². The fourth-order valence-electron chi connectivity index (χ4n) is 1.71. The fourth-order valence-corrected chi connectivity index (χ4v) is 3.00. The van der Waals surface area contributed by atoms with Crippen LogP contribution in [-0.4, -0.2) is 22.5 Å². The minimum atomic E-state index is 0.598. The zero-order chi connectivity index (χ0) is 14.3. The van der Waals surface area contributed by atoms with Crippen LogP contribution in [0.1, 0.15) is 5.82 Å². The Hall–Kier alpha value is -1.79. The lowest BCUT2D eigenvalue weighted by Crippen LogP contribution is -2.00. The number of ether oxygens (including phenoxy) is 1. The largest absolute Gasteiger partial charge is 0.493 e. The lowest BCUT2D eigenvalue weighted by atomic mass is 10.3. The number of benzene rings is 1. The average Bonchev–Trinajstić information content (AvgIpc) is 3.19. The molecule has 0 fully saturated rings. The van der Waals surface area contributed by atoms with Crippen LogP contribution in [0.3, 0.4) is 0 Å². The molecular weight excluding hydrogens is 304 g/mol. The Morgan fingerprint density at radius 2 is 2.05 bits per heavy atom. The van der Waals surface area contributed by atoms with Crippen LogP contribution < -0.4 is 4.74 Å². The van der Waals surface area contributed by atoms with E-state index in [1.165, 1.54) is 0 Å². The van der Waals surface area contributed by atoms with Crippen LogP contribution in [0.4, 0.5) is 0 Å². The highest BCUT2D eigenvalue weighted by molar-refractivity contribution is 7.98. The summed E-state index contributed by atoms with van der Waals surface area (Å²) >= 11 is 3.33. The van der Waals surface area contributed by atoms with Crippen molar-refractivity contribution in [2.45, 2.75) is 5.75 Å². The summed E-state index contributed by atoms with van der Waals surface area (Å²) in [6.07, 6.45) is 0. The van der Waals surface area contributed by atoms with Crippen LogP contribution in [0.15, 0.2) is 52.4 Å². The van der Waals surface area contributed by atoms with E-state index in [2.05, 4.69) is 10.1 Å². The number of aromatic nitrogens is 2. The van der Waals surface area contributed by atoms with Gasteiger partial charge in [-0.05, 0) is 23.6 Å². The second kappa shape index (κ2) is 7.28. The normalized spacial score (nSPS) is 10.7. The van der Waals surface area contributed by atoms with Crippen molar-refractivity contribution in [2.75, 3.05) is 12.4 Å². The van der Waals surface area contributed by atoms with Crippen molar-refractivity contribution in [1.29, 1.82) is 0 Å². The number of rotatable bonds is 7. The van der Waals surface area contributed by atoms with Gasteiger partial charge in [0.25, 0.3) is 5.89 Å². The molecule has 0 aliphatic carbocycles. The standard InChI is InChI=1S/C15H14N2O2S2/c1-2-5-12(6-3-1)18-8-10-20-11-14-16-15(19-17-14)13-7-4-9-21-13/h1-7,9H,8,10-11H2. The Labute approximate surface area is 131 Å². The molecule has 6 heteroatoms. The van der Waals surface area contributed by atoms with Gasteiger partial charge in [0.05, 0.1) is 17.2 Å². The molecule has 0 saturated heterocycles. The van der Waals surface area contributed by atoms with Crippen molar-refractivity contribution in [3.8, 4) is 16.5 Å². The summed E-state index contributed by atoms with van der Waals surface area (Å²) in [6.45, 7) is 0.671. The van der Waals surface area contributed by atoms with E-state index in [1.807, 2.05) is 47.8 Å². The Morgan fingerprint density at radius 1 is 1.14 bits per heavy atom. The summed E-state index contributed by atoms with van der Waals surface area (Å²) in [5.74, 6) is 3.84. The Bertz CT molecular complexity index is 653. The highest BCUT2D eigenvalue weighted by Gasteiger charge is 2.09. The first kappa shape index (κ1) is 14.2. The number of thioether (sulfide) groups is 1. The van der Waals surface area contributed by atoms with E-state index >= 15 is 0 Å². The van der Waals surface area contributed by atoms with Crippen molar-refractivity contribution in [2.24, 2.45) is 0 Å². The minimum Gasteiger partial charge on any atom is -0.493 e. The first-order valence-electron chi connectivity index (χ1n) is 6.54. The minimum absolute atomic E-state index is 0.598. The van der Waals surface area contributed by atoms with Gasteiger partial charge in [-0.2, -0.15) is 16.7 Å². The van der Waals surface area contributed by atoms with E-state index in [1.54, 1.807) is 23.1 Å². The molecule has 3 aromatic rings. The molecule has 0 unspecified atom stereocenters. The third-order valence-electron chi connectivity index (χ3n) is 2.67. The average molecular weight is 318 g/mol. The highest BCUT2D eigenvalue weighted by Crippen LogP contribution is 2.23. The molecule has 0 spiro atoms. The molecule has 0 amide bonds. The molecule has 0 saturated carbocycles. The first-order valence-corrected chi connectivity index (χ1v) is 8.57. The number of hydrogen-bond donors (Lipinski definition) is 0. The van der Waals surface area contributed by atoms with Crippen LogP contribution in [0.2, 0.25) is 0 Å². The molecule has 21 heavy (non-hydrogen) atoms. The smallest absolute Gasteiger partial charge is 0.268 e. The Kier molecular flexibility index (Phi) is 4.91. The van der Waals surface area contributed by atoms with Crippen LogP contribution in [-0.2, 0) is 5.75 Å². The molecule has 3 rings (SSSR count). The number of hydrogen-bond acceptors (Lipinski definition) is 6. The maximum absolute atomic E-state index is 5.62. The first-order chi connectivity index (χ1) is 10.4. The van der Waals surface area contributed by atoms with Gasteiger partial charge in [-0.3, -0.25) is 0 Å². The summed E-state index contributed by atoms with van der Waals surface area (Å²) in [6, 6.07) is 13.8. The predicted molar refractivity (Wildman–Crippen MR) is 85.7 cm³/mol. The van der Waals surface area contributed by atoms with Crippen molar-refractivity contribution in [3.63, 3.8) is 0 Å². The molecule has 108 valence electrons. The van der Waals surface area contributed by atoms with Crippen LogP contribution >= 0.6 is 23.1 Å². The molecule has 2 aromatic heterocycles. The van der Waals surface area contributed by atoms with Gasteiger partial charge in [0.15, 0.2) is 5.82 Å². The Balaban J connectivity index is 1.40. The fraction of sp³-hybridized carbons (Fsp3) is 0.200. The van der Waals surface area contributed by atoms with Crippen LogP contribution in [0.5, 0.6) is 5.75 Å². The molecule has 0 aliphatic rings. The molecular formula is C15H14N2O2S2. The highest BCUT2D eigenvalue weighted by atomic mass is 32.2. The molecule has 0 N–H and O–H groups in total. The van der Waals surface area contributed by atoms with E-state index < -0.39 is 0 Å². The second-order valence-corrected chi connectivity index (χ2v) is 6.26. The van der Waals surface area contributed by atoms with Gasteiger partial charge in [-0.25, -0.2) is 0 Å². The summed E-state index contributed by atoms with van der Waals surface area (Å²) in [5, 5.41) is 5.98. The van der Waals surface area contributed by atoms with Crippen LogP contribution in [0.25, 0.3) is 10.8 Å². The van der Waals surface area contributed by atoms with E-state index in [-0.39, 0.29) is 0 Å². The zero-order valence-electron chi connectivity index (χ0n) is 11.3. The number of thiophene rings is 1. The van der Waals surface area contributed by atoms with Gasteiger partial charge in [0.2, 0.25) is 0 Å². The maximum Gasteiger partial charge on any atom is 0.268 e. The van der Waals surface area contributed by atoms with Crippen molar-refractivity contribution in [1.82, 2.24) is 10.1 Å². The van der Waals surface area contributed by atoms with Gasteiger partial charge < -0.3 is 9.26 Å². The van der Waals surface area contributed by atoms with E-state index in [9.17, 15) is 0 Å². The molecule has 0 bridgehead atoms. The van der Waals surface area contributed by atoms with Crippen molar-refractivity contribution >= 4 is 23.1 Å². The lowest BCUT2D eigenvalue weighted by molar-refractivity contribution is 0.344. The molecule has 0 atom stereocenters. The number of nitrogens with zero attached hydrogens (tertiary/aromatic N) is 2. The van der Waals surface area contributed by atoms with Gasteiger partial charge >= 0.3 is 0 Å². The number of para-hydroxylation sites is 1. The second-order valence-electron chi connectivity index (χ2n) is 4.21.